The standard InChI is InChI=1S/C10H12N4O/c11-9-8-3-5-14(4-1-2-6-15)10(8)13-7-12-9/h1-3,5,7,15H,4,6H2,(H2,11,12,13)/b2-1+. The molecule has 0 radical (unpaired) electrons. The summed E-state index contributed by atoms with van der Waals surface area (Å²) in [7, 11) is 0. The molecule has 0 aromatic carbocycles. The minimum atomic E-state index is 0.0519. The molecule has 0 aliphatic carbocycles. The molecule has 0 fully saturated rings. The number of nitrogens with zero attached hydrogens (tertiary/aromatic N) is 3. The first kappa shape index (κ1) is 9.67. The number of aliphatic hydroxyl groups is 1. The predicted molar refractivity (Wildman–Crippen MR) is 58.2 cm³/mol. The molecule has 0 unspecified atom stereocenters. The predicted octanol–water partition coefficient (Wildman–Crippen LogP) is 0.562. The zero-order valence-corrected chi connectivity index (χ0v) is 8.17. The van der Waals surface area contributed by atoms with Gasteiger partial charge in [-0.25, -0.2) is 9.97 Å². The van der Waals surface area contributed by atoms with E-state index in [4.69, 9.17) is 10.8 Å². The molecule has 2 aromatic heterocycles. The van der Waals surface area contributed by atoms with E-state index in [2.05, 4.69) is 9.97 Å². The lowest BCUT2D eigenvalue weighted by atomic mass is 10.4. The van der Waals surface area contributed by atoms with Crippen molar-refractivity contribution >= 4 is 16.9 Å². The van der Waals surface area contributed by atoms with Gasteiger partial charge in [-0.2, -0.15) is 0 Å². The molecule has 15 heavy (non-hydrogen) atoms. The van der Waals surface area contributed by atoms with Crippen LogP contribution in [0.4, 0.5) is 5.82 Å². The summed E-state index contributed by atoms with van der Waals surface area (Å²) in [4.78, 5) is 8.07. The largest absolute Gasteiger partial charge is 0.392 e. The molecule has 0 saturated carbocycles. The monoisotopic (exact) mass is 204 g/mol. The third-order valence-electron chi connectivity index (χ3n) is 2.16. The van der Waals surface area contributed by atoms with Crippen molar-refractivity contribution < 1.29 is 5.11 Å². The summed E-state index contributed by atoms with van der Waals surface area (Å²) in [6, 6.07) is 1.89. The summed E-state index contributed by atoms with van der Waals surface area (Å²) in [5.74, 6) is 0.491. The quantitative estimate of drug-likeness (QED) is 0.716. The Morgan fingerprint density at radius 3 is 3.07 bits per heavy atom. The molecule has 0 amide bonds. The summed E-state index contributed by atoms with van der Waals surface area (Å²) < 4.78 is 1.94. The van der Waals surface area contributed by atoms with Crippen LogP contribution in [0.2, 0.25) is 0 Å². The Hall–Kier alpha value is -1.88. The van der Waals surface area contributed by atoms with E-state index in [1.807, 2.05) is 22.9 Å². The van der Waals surface area contributed by atoms with Crippen molar-refractivity contribution in [3.05, 3.63) is 30.7 Å². The van der Waals surface area contributed by atoms with Crippen molar-refractivity contribution in [2.75, 3.05) is 12.3 Å². The summed E-state index contributed by atoms with van der Waals surface area (Å²) in [5, 5.41) is 9.47. The second-order valence-electron chi connectivity index (χ2n) is 3.12. The Balaban J connectivity index is 2.37. The maximum Gasteiger partial charge on any atom is 0.145 e. The Morgan fingerprint density at radius 2 is 2.27 bits per heavy atom. The van der Waals surface area contributed by atoms with Gasteiger partial charge in [0, 0.05) is 12.7 Å². The number of nitrogens with two attached hydrogens (primary N) is 1. The Bertz CT molecular complexity index is 489. The van der Waals surface area contributed by atoms with E-state index in [0.717, 1.165) is 11.0 Å². The van der Waals surface area contributed by atoms with Crippen LogP contribution in [0.3, 0.4) is 0 Å². The van der Waals surface area contributed by atoms with Gasteiger partial charge in [-0.1, -0.05) is 12.2 Å². The van der Waals surface area contributed by atoms with E-state index in [0.29, 0.717) is 12.4 Å². The number of nitrogen functional groups attached to an aromatic ring is 1. The highest BCUT2D eigenvalue weighted by Gasteiger charge is 2.03. The molecular weight excluding hydrogens is 192 g/mol. The van der Waals surface area contributed by atoms with Gasteiger partial charge in [-0.3, -0.25) is 0 Å². The minimum absolute atomic E-state index is 0.0519. The third kappa shape index (κ3) is 1.82. The molecule has 2 heterocycles. The van der Waals surface area contributed by atoms with Crippen LogP contribution < -0.4 is 5.73 Å². The van der Waals surface area contributed by atoms with Crippen LogP contribution in [0.5, 0.6) is 0 Å². The van der Waals surface area contributed by atoms with Gasteiger partial charge in [0.1, 0.15) is 17.8 Å². The summed E-state index contributed by atoms with van der Waals surface area (Å²) in [6.07, 6.45) is 6.91. The molecule has 0 spiro atoms. The number of aromatic nitrogens is 3. The number of rotatable bonds is 3. The molecule has 5 nitrogen and oxygen atoms in total. The molecule has 78 valence electrons. The first-order chi connectivity index (χ1) is 7.33. The van der Waals surface area contributed by atoms with Gasteiger partial charge in [0.15, 0.2) is 0 Å². The fraction of sp³-hybridized carbons (Fsp3) is 0.200. The first-order valence-corrected chi connectivity index (χ1v) is 4.64. The van der Waals surface area contributed by atoms with E-state index in [-0.39, 0.29) is 6.61 Å². The van der Waals surface area contributed by atoms with Gasteiger partial charge in [0.2, 0.25) is 0 Å². The zero-order valence-electron chi connectivity index (χ0n) is 8.17. The molecule has 3 N–H and O–H groups in total. The van der Waals surface area contributed by atoms with Crippen LogP contribution in [0.15, 0.2) is 30.7 Å². The maximum atomic E-state index is 8.61. The average Bonchev–Trinajstić information content (AvgIpc) is 2.64. The highest BCUT2D eigenvalue weighted by atomic mass is 16.2. The number of hydrogen-bond acceptors (Lipinski definition) is 4. The summed E-state index contributed by atoms with van der Waals surface area (Å²) >= 11 is 0. The summed E-state index contributed by atoms with van der Waals surface area (Å²) in [6.45, 7) is 0.719. The number of allylic oxidation sites excluding steroid dienone is 1. The SMILES string of the molecule is Nc1ncnc2c1ccn2C/C=C/CO. The molecular formula is C10H12N4O. The van der Waals surface area contributed by atoms with Crippen LogP contribution in [0.1, 0.15) is 0 Å². The van der Waals surface area contributed by atoms with Gasteiger partial charge in [0.25, 0.3) is 0 Å². The van der Waals surface area contributed by atoms with E-state index >= 15 is 0 Å². The second kappa shape index (κ2) is 4.10. The molecule has 0 aliphatic heterocycles. The highest BCUT2D eigenvalue weighted by Crippen LogP contribution is 2.17. The van der Waals surface area contributed by atoms with Gasteiger partial charge in [0.05, 0.1) is 12.0 Å². The number of hydrogen-bond donors (Lipinski definition) is 2. The van der Waals surface area contributed by atoms with Crippen molar-refractivity contribution in [3.63, 3.8) is 0 Å². The van der Waals surface area contributed by atoms with Crippen molar-refractivity contribution in [3.8, 4) is 0 Å². The van der Waals surface area contributed by atoms with E-state index in [9.17, 15) is 0 Å². The lowest BCUT2D eigenvalue weighted by Crippen LogP contribution is -1.97. The van der Waals surface area contributed by atoms with Crippen LogP contribution in [0.25, 0.3) is 11.0 Å². The van der Waals surface area contributed by atoms with Crippen LogP contribution in [-0.2, 0) is 6.54 Å². The lowest BCUT2D eigenvalue weighted by Gasteiger charge is -2.00. The fourth-order valence-electron chi connectivity index (χ4n) is 1.43. The maximum absolute atomic E-state index is 8.61. The van der Waals surface area contributed by atoms with Crippen molar-refractivity contribution in [2.45, 2.75) is 6.54 Å². The van der Waals surface area contributed by atoms with Gasteiger partial charge in [-0.15, -0.1) is 0 Å². The third-order valence-corrected chi connectivity index (χ3v) is 2.16. The van der Waals surface area contributed by atoms with E-state index < -0.39 is 0 Å². The average molecular weight is 204 g/mol. The molecule has 0 atom stereocenters. The Labute approximate surface area is 86.9 Å². The topological polar surface area (TPSA) is 77.0 Å². The zero-order chi connectivity index (χ0) is 10.7. The number of fused-ring (bicyclic) bond motifs is 1. The molecule has 0 bridgehead atoms. The van der Waals surface area contributed by atoms with Gasteiger partial charge in [-0.05, 0) is 6.07 Å². The first-order valence-electron chi connectivity index (χ1n) is 4.64. The van der Waals surface area contributed by atoms with E-state index in [1.165, 1.54) is 6.33 Å². The molecule has 2 rings (SSSR count). The second-order valence-corrected chi connectivity index (χ2v) is 3.12. The fourth-order valence-corrected chi connectivity index (χ4v) is 1.43. The number of anilines is 1. The molecule has 0 saturated heterocycles. The molecule has 0 aliphatic rings. The Morgan fingerprint density at radius 1 is 1.40 bits per heavy atom. The van der Waals surface area contributed by atoms with Crippen LogP contribution >= 0.6 is 0 Å². The van der Waals surface area contributed by atoms with E-state index in [1.54, 1.807) is 6.08 Å². The summed E-state index contributed by atoms with van der Waals surface area (Å²) in [5.41, 5.74) is 6.51. The lowest BCUT2D eigenvalue weighted by molar-refractivity contribution is 0.342. The number of aliphatic hydroxyl groups excluding tert-OH is 1. The van der Waals surface area contributed by atoms with Crippen LogP contribution in [-0.4, -0.2) is 26.2 Å². The normalized spacial score (nSPS) is 11.5. The molecule has 5 heteroatoms. The van der Waals surface area contributed by atoms with Crippen LogP contribution in [0, 0.1) is 0 Å². The smallest absolute Gasteiger partial charge is 0.145 e. The van der Waals surface area contributed by atoms with Crippen molar-refractivity contribution in [2.24, 2.45) is 0 Å². The van der Waals surface area contributed by atoms with Crippen molar-refractivity contribution in [1.82, 2.24) is 14.5 Å². The van der Waals surface area contributed by atoms with Gasteiger partial charge >= 0.3 is 0 Å². The highest BCUT2D eigenvalue weighted by molar-refractivity contribution is 5.85. The van der Waals surface area contributed by atoms with Crippen molar-refractivity contribution in [1.29, 1.82) is 0 Å². The molecule has 2 aromatic rings. The Kier molecular flexibility index (Phi) is 2.64. The minimum Gasteiger partial charge on any atom is -0.392 e. The van der Waals surface area contributed by atoms with Gasteiger partial charge < -0.3 is 15.4 Å².